The van der Waals surface area contributed by atoms with Crippen molar-refractivity contribution in [3.05, 3.63) is 172 Å². The van der Waals surface area contributed by atoms with E-state index in [0.717, 1.165) is 61.4 Å². The lowest BCUT2D eigenvalue weighted by atomic mass is 9.84. The first kappa shape index (κ1) is 36.0. The predicted molar refractivity (Wildman–Crippen MR) is 192 cm³/mol. The normalized spacial score (nSPS) is 16.8. The maximum absolute atomic E-state index is 8.49. The quantitative estimate of drug-likeness (QED) is 0.153. The Kier molecular flexibility index (Phi) is 11.3. The molecule has 51 heavy (non-hydrogen) atoms. The summed E-state index contributed by atoms with van der Waals surface area (Å²) in [7, 11) is -4.94. The molecule has 0 spiro atoms. The lowest BCUT2D eigenvalue weighted by molar-refractivity contribution is -2.00. The van der Waals surface area contributed by atoms with E-state index in [4.69, 9.17) is 27.8 Å². The lowest BCUT2D eigenvalue weighted by Crippen LogP contribution is -2.68. The molecule has 0 bridgehead atoms. The summed E-state index contributed by atoms with van der Waals surface area (Å²) in [5.74, 6) is 2.97. The lowest BCUT2D eigenvalue weighted by Gasteiger charge is -2.26. The van der Waals surface area contributed by atoms with Crippen molar-refractivity contribution in [2.24, 2.45) is 0 Å². The van der Waals surface area contributed by atoms with Gasteiger partial charge in [-0.05, 0) is 105 Å². The van der Waals surface area contributed by atoms with Crippen LogP contribution in [-0.4, -0.2) is 0 Å². The number of benzene rings is 3. The highest BCUT2D eigenvalue weighted by Crippen LogP contribution is 2.42. The SMILES string of the molecule is CC(/C=C/C=C/C1=C2OC=CC(c3ccc(C)cc3)=C2CCC1)=C1/CCCc2c(-c3ccc(C)cc3)cc(-c3ccccc3)[o+]c21.[O-][Cl+3]([O-])([O-])[O-]. The number of halogens is 1. The van der Waals surface area contributed by atoms with Crippen LogP contribution in [0.25, 0.3) is 33.6 Å². The van der Waals surface area contributed by atoms with E-state index in [1.165, 1.54) is 61.2 Å². The topological polar surface area (TPSA) is 113 Å². The molecule has 3 aliphatic rings. The van der Waals surface area contributed by atoms with Crippen molar-refractivity contribution in [3.8, 4) is 22.5 Å². The van der Waals surface area contributed by atoms with Gasteiger partial charge in [0.2, 0.25) is 0 Å². The van der Waals surface area contributed by atoms with E-state index in [9.17, 15) is 0 Å². The van der Waals surface area contributed by atoms with Crippen molar-refractivity contribution >= 4 is 11.1 Å². The summed E-state index contributed by atoms with van der Waals surface area (Å²) in [6, 6.07) is 30.4. The zero-order chi connectivity index (χ0) is 36.0. The molecule has 3 aromatic carbocycles. The smallest absolute Gasteiger partial charge is 0.361 e. The van der Waals surface area contributed by atoms with Crippen LogP contribution in [0.5, 0.6) is 0 Å². The highest BCUT2D eigenvalue weighted by molar-refractivity contribution is 5.82. The fourth-order valence-corrected chi connectivity index (χ4v) is 6.89. The molecule has 0 atom stereocenters. The van der Waals surface area contributed by atoms with Gasteiger partial charge in [-0.1, -0.05) is 102 Å². The number of rotatable bonds is 6. The van der Waals surface area contributed by atoms with Crippen molar-refractivity contribution in [2.45, 2.75) is 59.3 Å². The Balaban J connectivity index is 0.000000839. The van der Waals surface area contributed by atoms with Crippen molar-refractivity contribution in [1.82, 2.24) is 0 Å². The Morgan fingerprint density at radius 2 is 1.39 bits per heavy atom. The molecule has 7 heteroatoms. The van der Waals surface area contributed by atoms with Crippen LogP contribution in [0.3, 0.4) is 0 Å². The van der Waals surface area contributed by atoms with Crippen LogP contribution in [0.4, 0.5) is 0 Å². The zero-order valence-electron chi connectivity index (χ0n) is 29.1. The van der Waals surface area contributed by atoms with Gasteiger partial charge in [0.25, 0.3) is 0 Å². The zero-order valence-corrected chi connectivity index (χ0v) is 29.9. The van der Waals surface area contributed by atoms with Crippen LogP contribution in [0.2, 0.25) is 0 Å². The summed E-state index contributed by atoms with van der Waals surface area (Å²) in [6.07, 6.45) is 19.1. The minimum atomic E-state index is -4.94. The summed E-state index contributed by atoms with van der Waals surface area (Å²) < 4.78 is 46.9. The van der Waals surface area contributed by atoms with Gasteiger partial charge in [0.1, 0.15) is 5.76 Å². The van der Waals surface area contributed by atoms with Crippen molar-refractivity contribution in [2.75, 3.05) is 0 Å². The van der Waals surface area contributed by atoms with E-state index in [1.807, 2.05) is 6.26 Å². The van der Waals surface area contributed by atoms with Crippen LogP contribution in [0.1, 0.15) is 67.0 Å². The van der Waals surface area contributed by atoms with E-state index < -0.39 is 10.2 Å². The van der Waals surface area contributed by atoms with Gasteiger partial charge < -0.3 is 4.74 Å². The predicted octanol–water partition coefficient (Wildman–Crippen LogP) is 7.41. The number of allylic oxidation sites excluding steroid dienone is 10. The Morgan fingerprint density at radius 3 is 2.08 bits per heavy atom. The first-order valence-corrected chi connectivity index (χ1v) is 18.4. The molecule has 1 aliphatic heterocycles. The van der Waals surface area contributed by atoms with Crippen molar-refractivity contribution < 1.29 is 38.0 Å². The fraction of sp³-hybridized carbons (Fsp3) is 0.205. The maximum Gasteiger partial charge on any atom is 0.361 e. The molecule has 0 fully saturated rings. The van der Waals surface area contributed by atoms with Crippen molar-refractivity contribution in [3.63, 3.8) is 0 Å². The average Bonchev–Trinajstić information content (AvgIpc) is 3.13. The molecule has 6 nitrogen and oxygen atoms in total. The standard InChI is InChI=1S/C44H41O2.ClHO4/c1-30-19-23-33(24-20-30)38-27-28-45-43-36(15-9-17-39(38)43)14-8-7-11-32(3)37-16-10-18-40-41(34-25-21-31(2)22-26-34)29-42(46-44(37)40)35-12-5-4-6-13-35;2-1(3,4)5/h4-8,11-14,19-29H,9-10,15-18H2,1-3H3;(H,2,3,4,5)/q+1;/p-1. The van der Waals surface area contributed by atoms with Gasteiger partial charge in [0, 0.05) is 11.1 Å². The van der Waals surface area contributed by atoms with Crippen LogP contribution < -0.4 is 18.6 Å². The third-order valence-corrected chi connectivity index (χ3v) is 9.41. The van der Waals surface area contributed by atoms with Crippen LogP contribution in [-0.2, 0) is 11.2 Å². The van der Waals surface area contributed by atoms with Gasteiger partial charge in [0.15, 0.2) is 0 Å². The summed E-state index contributed by atoms with van der Waals surface area (Å²) in [5, 5.41) is 0. The van der Waals surface area contributed by atoms with Gasteiger partial charge in [-0.25, -0.2) is 23.1 Å². The van der Waals surface area contributed by atoms with Crippen LogP contribution in [0, 0.1) is 24.1 Å². The van der Waals surface area contributed by atoms with E-state index in [2.05, 4.69) is 136 Å². The molecular formula is C44H41ClO6. The number of ether oxygens (including phenoxy) is 1. The molecular weight excluding hydrogens is 660 g/mol. The second-order valence-electron chi connectivity index (χ2n) is 13.1. The molecule has 2 aliphatic carbocycles. The van der Waals surface area contributed by atoms with Gasteiger partial charge in [-0.2, -0.15) is 0 Å². The fourth-order valence-electron chi connectivity index (χ4n) is 6.89. The summed E-state index contributed by atoms with van der Waals surface area (Å²) in [5.41, 5.74) is 15.1. The summed E-state index contributed by atoms with van der Waals surface area (Å²) >= 11 is 0. The summed E-state index contributed by atoms with van der Waals surface area (Å²) in [4.78, 5) is 0. The minimum absolute atomic E-state index is 0.909. The average molecular weight is 701 g/mol. The molecule has 0 saturated heterocycles. The molecule has 1 aromatic heterocycles. The monoisotopic (exact) mass is 700 g/mol. The van der Waals surface area contributed by atoms with Gasteiger partial charge in [-0.15, -0.1) is 10.2 Å². The van der Waals surface area contributed by atoms with E-state index >= 15 is 0 Å². The van der Waals surface area contributed by atoms with Crippen molar-refractivity contribution in [1.29, 1.82) is 0 Å². The molecule has 0 amide bonds. The number of hydrogen-bond acceptors (Lipinski definition) is 5. The highest BCUT2D eigenvalue weighted by atomic mass is 35.7. The van der Waals surface area contributed by atoms with E-state index in [-0.39, 0.29) is 0 Å². The Morgan fingerprint density at radius 1 is 0.745 bits per heavy atom. The van der Waals surface area contributed by atoms with Crippen LogP contribution >= 0.6 is 0 Å². The third-order valence-electron chi connectivity index (χ3n) is 9.41. The van der Waals surface area contributed by atoms with Crippen LogP contribution in [0.15, 0.2) is 148 Å². The molecule has 4 aromatic rings. The van der Waals surface area contributed by atoms with Gasteiger partial charge >= 0.3 is 11.5 Å². The summed E-state index contributed by atoms with van der Waals surface area (Å²) in [6.45, 7) is 6.49. The molecule has 260 valence electrons. The molecule has 7 rings (SSSR count). The Hall–Kier alpha value is -4.82. The first-order valence-electron chi connectivity index (χ1n) is 17.2. The molecule has 0 unspecified atom stereocenters. The molecule has 0 radical (unpaired) electrons. The van der Waals surface area contributed by atoms with Gasteiger partial charge in [0.05, 0.1) is 29.0 Å². The second kappa shape index (κ2) is 16.0. The third kappa shape index (κ3) is 9.11. The number of aryl methyl sites for hydroxylation is 2. The van der Waals surface area contributed by atoms with Gasteiger partial charge in [-0.3, -0.25) is 0 Å². The van der Waals surface area contributed by atoms with E-state index in [1.54, 1.807) is 0 Å². The Labute approximate surface area is 302 Å². The molecule has 2 heterocycles. The number of hydrogen-bond donors (Lipinski definition) is 0. The largest absolute Gasteiger partial charge is 0.464 e. The highest BCUT2D eigenvalue weighted by Gasteiger charge is 2.32. The maximum atomic E-state index is 8.49. The second-order valence-corrected chi connectivity index (χ2v) is 13.8. The first-order chi connectivity index (χ1) is 24.5. The molecule has 0 saturated carbocycles. The Bertz CT molecular complexity index is 2050. The number of fused-ring (bicyclic) bond motifs is 2. The molecule has 0 N–H and O–H groups in total. The minimum Gasteiger partial charge on any atom is -0.464 e. The van der Waals surface area contributed by atoms with E-state index in [0.29, 0.717) is 0 Å².